The molecular formula is C10H19N3O. The van der Waals surface area contributed by atoms with E-state index in [0.717, 1.165) is 26.2 Å². The summed E-state index contributed by atoms with van der Waals surface area (Å²) < 4.78 is 0. The highest BCUT2D eigenvalue weighted by atomic mass is 16.2. The van der Waals surface area contributed by atoms with E-state index in [0.29, 0.717) is 12.6 Å². The van der Waals surface area contributed by atoms with Crippen LogP contribution in [0.4, 0.5) is 0 Å². The van der Waals surface area contributed by atoms with Crippen molar-refractivity contribution >= 4 is 5.91 Å². The van der Waals surface area contributed by atoms with Crippen LogP contribution in [0.15, 0.2) is 0 Å². The minimum Gasteiger partial charge on any atom is -0.339 e. The molecule has 14 heavy (non-hydrogen) atoms. The summed E-state index contributed by atoms with van der Waals surface area (Å²) in [5, 5.41) is 3.43. The van der Waals surface area contributed by atoms with Crippen molar-refractivity contribution in [3.05, 3.63) is 0 Å². The van der Waals surface area contributed by atoms with Crippen LogP contribution in [-0.4, -0.2) is 61.5 Å². The first-order valence-corrected chi connectivity index (χ1v) is 5.45. The van der Waals surface area contributed by atoms with Crippen molar-refractivity contribution in [2.45, 2.75) is 18.9 Å². The molecule has 0 aromatic carbocycles. The molecule has 2 heterocycles. The molecule has 1 atom stereocenters. The monoisotopic (exact) mass is 197 g/mol. The Morgan fingerprint density at radius 2 is 2.36 bits per heavy atom. The van der Waals surface area contributed by atoms with E-state index in [1.165, 1.54) is 12.8 Å². The molecule has 0 radical (unpaired) electrons. The van der Waals surface area contributed by atoms with Crippen molar-refractivity contribution in [3.63, 3.8) is 0 Å². The van der Waals surface area contributed by atoms with Gasteiger partial charge in [-0.15, -0.1) is 0 Å². The highest BCUT2D eigenvalue weighted by Gasteiger charge is 2.25. The van der Waals surface area contributed by atoms with Gasteiger partial charge in [-0.05, 0) is 26.4 Å². The molecule has 2 aliphatic rings. The number of nitrogens with one attached hydrogen (secondary N) is 1. The maximum atomic E-state index is 11.6. The second-order valence-corrected chi connectivity index (χ2v) is 4.37. The molecule has 0 aromatic rings. The van der Waals surface area contributed by atoms with E-state index in [1.807, 2.05) is 11.9 Å². The van der Waals surface area contributed by atoms with Gasteiger partial charge in [-0.1, -0.05) is 0 Å². The van der Waals surface area contributed by atoms with Crippen LogP contribution in [0.3, 0.4) is 0 Å². The van der Waals surface area contributed by atoms with E-state index in [-0.39, 0.29) is 5.91 Å². The fraction of sp³-hybridized carbons (Fsp3) is 0.900. The van der Waals surface area contributed by atoms with Gasteiger partial charge in [0.25, 0.3) is 0 Å². The maximum absolute atomic E-state index is 11.6. The molecule has 2 aliphatic heterocycles. The third-order valence-corrected chi connectivity index (χ3v) is 3.11. The number of amides is 1. The number of nitrogens with zero attached hydrogens (tertiary/aromatic N) is 2. The smallest absolute Gasteiger partial charge is 0.236 e. The van der Waals surface area contributed by atoms with Crippen molar-refractivity contribution in [2.24, 2.45) is 0 Å². The Balaban J connectivity index is 1.82. The van der Waals surface area contributed by atoms with Gasteiger partial charge in [0.1, 0.15) is 0 Å². The lowest BCUT2D eigenvalue weighted by atomic mass is 10.2. The highest BCUT2D eigenvalue weighted by Crippen LogP contribution is 2.09. The fourth-order valence-corrected chi connectivity index (χ4v) is 2.20. The molecule has 80 valence electrons. The largest absolute Gasteiger partial charge is 0.339 e. The average molecular weight is 197 g/mol. The van der Waals surface area contributed by atoms with Crippen LogP contribution in [0.2, 0.25) is 0 Å². The van der Waals surface area contributed by atoms with Crippen LogP contribution < -0.4 is 5.32 Å². The Labute approximate surface area is 85.2 Å². The SMILES string of the molecule is CN1CCN(CC2CCCN2)C(=O)C1. The Morgan fingerprint density at radius 1 is 1.50 bits per heavy atom. The molecule has 0 bridgehead atoms. The lowest BCUT2D eigenvalue weighted by Crippen LogP contribution is -2.52. The van der Waals surface area contributed by atoms with Crippen molar-refractivity contribution in [1.82, 2.24) is 15.1 Å². The summed E-state index contributed by atoms with van der Waals surface area (Å²) >= 11 is 0. The summed E-state index contributed by atoms with van der Waals surface area (Å²) in [5.41, 5.74) is 0. The maximum Gasteiger partial charge on any atom is 0.236 e. The molecule has 1 unspecified atom stereocenters. The molecule has 2 fully saturated rings. The zero-order chi connectivity index (χ0) is 9.97. The average Bonchev–Trinajstić information content (AvgIpc) is 2.62. The standard InChI is InChI=1S/C10H19N3O/c1-12-5-6-13(10(14)8-12)7-9-3-2-4-11-9/h9,11H,2-8H2,1H3. The van der Waals surface area contributed by atoms with Gasteiger partial charge in [-0.25, -0.2) is 0 Å². The van der Waals surface area contributed by atoms with Crippen molar-refractivity contribution < 1.29 is 4.79 Å². The van der Waals surface area contributed by atoms with Gasteiger partial charge >= 0.3 is 0 Å². The first-order chi connectivity index (χ1) is 6.75. The number of hydrogen-bond acceptors (Lipinski definition) is 3. The molecule has 2 saturated heterocycles. The predicted molar refractivity (Wildman–Crippen MR) is 55.1 cm³/mol. The number of rotatable bonds is 2. The first-order valence-electron chi connectivity index (χ1n) is 5.45. The highest BCUT2D eigenvalue weighted by molar-refractivity contribution is 5.79. The van der Waals surface area contributed by atoms with Gasteiger partial charge < -0.3 is 10.2 Å². The number of hydrogen-bond donors (Lipinski definition) is 1. The normalized spacial score (nSPS) is 29.9. The predicted octanol–water partition coefficient (Wildman–Crippen LogP) is -0.488. The summed E-state index contributed by atoms with van der Waals surface area (Å²) in [6, 6.07) is 0.544. The third-order valence-electron chi connectivity index (χ3n) is 3.11. The first kappa shape index (κ1) is 9.93. The van der Waals surface area contributed by atoms with Crippen LogP contribution >= 0.6 is 0 Å². The van der Waals surface area contributed by atoms with Gasteiger partial charge in [0, 0.05) is 25.7 Å². The summed E-state index contributed by atoms with van der Waals surface area (Å²) in [7, 11) is 2.00. The van der Waals surface area contributed by atoms with E-state index in [1.54, 1.807) is 0 Å². The Hall–Kier alpha value is -0.610. The second kappa shape index (κ2) is 4.28. The van der Waals surface area contributed by atoms with E-state index in [2.05, 4.69) is 10.2 Å². The summed E-state index contributed by atoms with van der Waals surface area (Å²) in [6.45, 7) is 4.53. The van der Waals surface area contributed by atoms with Gasteiger partial charge in [0.2, 0.25) is 5.91 Å². The van der Waals surface area contributed by atoms with Crippen LogP contribution in [0.1, 0.15) is 12.8 Å². The lowest BCUT2D eigenvalue weighted by molar-refractivity contribution is -0.135. The number of carbonyl (C=O) groups excluding carboxylic acids is 1. The van der Waals surface area contributed by atoms with Crippen molar-refractivity contribution in [3.8, 4) is 0 Å². The molecule has 0 spiro atoms. The van der Waals surface area contributed by atoms with Gasteiger partial charge in [0.05, 0.1) is 6.54 Å². The zero-order valence-corrected chi connectivity index (χ0v) is 8.83. The van der Waals surface area contributed by atoms with Crippen LogP contribution in [0, 0.1) is 0 Å². The molecule has 0 aliphatic carbocycles. The molecular weight excluding hydrogens is 178 g/mol. The molecule has 2 rings (SSSR count). The Kier molecular flexibility index (Phi) is 3.03. The van der Waals surface area contributed by atoms with E-state index in [9.17, 15) is 4.79 Å². The summed E-state index contributed by atoms with van der Waals surface area (Å²) in [5.74, 6) is 0.285. The molecule has 4 nitrogen and oxygen atoms in total. The third kappa shape index (κ3) is 2.25. The minimum atomic E-state index is 0.285. The van der Waals surface area contributed by atoms with E-state index >= 15 is 0 Å². The molecule has 0 aromatic heterocycles. The molecule has 0 saturated carbocycles. The summed E-state index contributed by atoms with van der Waals surface area (Å²) in [6.07, 6.45) is 2.48. The minimum absolute atomic E-state index is 0.285. The van der Waals surface area contributed by atoms with Gasteiger partial charge in [-0.3, -0.25) is 9.69 Å². The molecule has 4 heteroatoms. The van der Waals surface area contributed by atoms with Gasteiger partial charge in [-0.2, -0.15) is 0 Å². The number of piperazine rings is 1. The fourth-order valence-electron chi connectivity index (χ4n) is 2.20. The molecule has 1 amide bonds. The quantitative estimate of drug-likeness (QED) is 0.649. The topological polar surface area (TPSA) is 35.6 Å². The Bertz CT molecular complexity index is 213. The summed E-state index contributed by atoms with van der Waals surface area (Å²) in [4.78, 5) is 15.7. The molecule has 1 N–H and O–H groups in total. The zero-order valence-electron chi connectivity index (χ0n) is 8.83. The van der Waals surface area contributed by atoms with Crippen LogP contribution in [0.5, 0.6) is 0 Å². The number of carbonyl (C=O) groups is 1. The van der Waals surface area contributed by atoms with Crippen molar-refractivity contribution in [2.75, 3.05) is 39.8 Å². The van der Waals surface area contributed by atoms with Crippen molar-refractivity contribution in [1.29, 1.82) is 0 Å². The van der Waals surface area contributed by atoms with Crippen LogP contribution in [-0.2, 0) is 4.79 Å². The van der Waals surface area contributed by atoms with Crippen LogP contribution in [0.25, 0.3) is 0 Å². The Morgan fingerprint density at radius 3 is 3.00 bits per heavy atom. The second-order valence-electron chi connectivity index (χ2n) is 4.37. The number of likely N-dealkylation sites (N-methyl/N-ethyl adjacent to an activating group) is 1. The van der Waals surface area contributed by atoms with E-state index < -0.39 is 0 Å². The van der Waals surface area contributed by atoms with E-state index in [4.69, 9.17) is 0 Å². The lowest BCUT2D eigenvalue weighted by Gasteiger charge is -2.33. The van der Waals surface area contributed by atoms with Gasteiger partial charge in [0.15, 0.2) is 0 Å².